The molecule has 2 rings (SSSR count). The van der Waals surface area contributed by atoms with Crippen molar-refractivity contribution >= 4 is 17.7 Å². The molecule has 1 unspecified atom stereocenters. The van der Waals surface area contributed by atoms with Crippen molar-refractivity contribution in [2.45, 2.75) is 142 Å². The molecule has 1 aliphatic heterocycles. The number of ether oxygens (including phenoxy) is 6. The smallest absolute Gasteiger partial charge is 0.339 e. The SMILES string of the molecule is C=C(C(=O)C[C@H](C(=O)OC(C)(C)C)[C@@](O)(CCOCc1ccc(OC)cc1)C(=O)OC(C)(C)C)C(CCCCCCCCC)C1OCCO1. The Morgan fingerprint density at radius 3 is 2.02 bits per heavy atom. The van der Waals surface area contributed by atoms with Gasteiger partial charge in [0.15, 0.2) is 17.7 Å². The molecule has 0 amide bonds. The molecule has 10 nitrogen and oxygen atoms in total. The summed E-state index contributed by atoms with van der Waals surface area (Å²) in [5.41, 5.74) is -3.31. The zero-order valence-electron chi connectivity index (χ0n) is 31.3. The van der Waals surface area contributed by atoms with Gasteiger partial charge in [0.1, 0.15) is 22.9 Å². The van der Waals surface area contributed by atoms with Gasteiger partial charge in [0, 0.05) is 18.8 Å². The largest absolute Gasteiger partial charge is 0.497 e. The normalized spacial score (nSPS) is 16.4. The van der Waals surface area contributed by atoms with E-state index in [-0.39, 0.29) is 25.2 Å². The number of unbranched alkanes of at least 4 members (excludes halogenated alkanes) is 6. The molecule has 1 heterocycles. The molecule has 3 atom stereocenters. The van der Waals surface area contributed by atoms with Gasteiger partial charge < -0.3 is 33.5 Å². The molecule has 0 radical (unpaired) electrons. The molecule has 1 aromatic rings. The Hall–Kier alpha value is -2.79. The van der Waals surface area contributed by atoms with Crippen molar-refractivity contribution in [3.8, 4) is 5.75 Å². The monoisotopic (exact) mass is 690 g/mol. The Labute approximate surface area is 294 Å². The van der Waals surface area contributed by atoms with Crippen LogP contribution in [0.2, 0.25) is 0 Å². The number of hydrogen-bond acceptors (Lipinski definition) is 10. The van der Waals surface area contributed by atoms with Crippen molar-refractivity contribution in [1.29, 1.82) is 0 Å². The van der Waals surface area contributed by atoms with Gasteiger partial charge in [-0.05, 0) is 71.2 Å². The third-order valence-electron chi connectivity index (χ3n) is 8.37. The third-order valence-corrected chi connectivity index (χ3v) is 8.37. The van der Waals surface area contributed by atoms with Gasteiger partial charge in [-0.2, -0.15) is 0 Å². The van der Waals surface area contributed by atoms with Crippen LogP contribution in [0, 0.1) is 11.8 Å². The Morgan fingerprint density at radius 1 is 0.898 bits per heavy atom. The molecule has 1 N–H and O–H groups in total. The molecule has 0 aromatic heterocycles. The third kappa shape index (κ3) is 14.9. The zero-order valence-corrected chi connectivity index (χ0v) is 31.3. The number of esters is 2. The number of carbonyl (C=O) groups is 3. The van der Waals surface area contributed by atoms with Crippen molar-refractivity contribution in [3.63, 3.8) is 0 Å². The Bertz CT molecular complexity index is 1170. The Balaban J connectivity index is 2.32. The number of benzene rings is 1. The van der Waals surface area contributed by atoms with Gasteiger partial charge in [-0.25, -0.2) is 4.79 Å². The second-order valence-corrected chi connectivity index (χ2v) is 14.9. The lowest BCUT2D eigenvalue weighted by Gasteiger charge is -2.36. The number of rotatable bonds is 22. The lowest BCUT2D eigenvalue weighted by atomic mass is 9.78. The van der Waals surface area contributed by atoms with E-state index in [1.54, 1.807) is 60.8 Å². The first-order valence-corrected chi connectivity index (χ1v) is 17.8. The highest BCUT2D eigenvalue weighted by atomic mass is 16.7. The van der Waals surface area contributed by atoms with Crippen molar-refractivity contribution in [1.82, 2.24) is 0 Å². The molecule has 0 saturated carbocycles. The maximum Gasteiger partial charge on any atom is 0.339 e. The first-order valence-electron chi connectivity index (χ1n) is 17.8. The number of aliphatic hydroxyl groups is 1. The molecule has 0 bridgehead atoms. The number of hydrogen-bond donors (Lipinski definition) is 1. The molecule has 1 aliphatic rings. The minimum atomic E-state index is -2.44. The molecular weight excluding hydrogens is 628 g/mol. The van der Waals surface area contributed by atoms with Crippen molar-refractivity contribution in [3.05, 3.63) is 42.0 Å². The van der Waals surface area contributed by atoms with Gasteiger partial charge in [-0.1, -0.05) is 70.6 Å². The lowest BCUT2D eigenvalue weighted by molar-refractivity contribution is -0.197. The van der Waals surface area contributed by atoms with E-state index in [1.807, 2.05) is 12.1 Å². The predicted molar refractivity (Wildman–Crippen MR) is 188 cm³/mol. The maximum atomic E-state index is 14.0. The predicted octanol–water partition coefficient (Wildman–Crippen LogP) is 7.28. The van der Waals surface area contributed by atoms with Gasteiger partial charge in [0.25, 0.3) is 0 Å². The molecule has 1 aromatic carbocycles. The molecule has 0 spiro atoms. The van der Waals surface area contributed by atoms with Crippen LogP contribution >= 0.6 is 0 Å². The quantitative estimate of drug-likeness (QED) is 0.0754. The summed E-state index contributed by atoms with van der Waals surface area (Å²) in [6.07, 6.45) is 6.88. The van der Waals surface area contributed by atoms with Crippen LogP contribution in [0.4, 0.5) is 0 Å². The van der Waals surface area contributed by atoms with E-state index in [1.165, 1.54) is 25.7 Å². The summed E-state index contributed by atoms with van der Waals surface area (Å²) in [5.74, 6) is -3.75. The lowest BCUT2D eigenvalue weighted by Crippen LogP contribution is -2.54. The molecule has 49 heavy (non-hydrogen) atoms. The molecular formula is C39H62O10. The highest BCUT2D eigenvalue weighted by Crippen LogP contribution is 2.35. The van der Waals surface area contributed by atoms with Crippen molar-refractivity contribution in [2.75, 3.05) is 26.9 Å². The van der Waals surface area contributed by atoms with E-state index in [2.05, 4.69) is 13.5 Å². The Kier molecular flexibility index (Phi) is 17.4. The number of ketones is 1. The van der Waals surface area contributed by atoms with Gasteiger partial charge in [0.05, 0.1) is 33.5 Å². The topological polar surface area (TPSA) is 127 Å². The summed E-state index contributed by atoms with van der Waals surface area (Å²) in [4.78, 5) is 41.6. The highest BCUT2D eigenvalue weighted by molar-refractivity contribution is 5.99. The Morgan fingerprint density at radius 2 is 1.47 bits per heavy atom. The van der Waals surface area contributed by atoms with Crippen LogP contribution in [0.25, 0.3) is 0 Å². The highest BCUT2D eigenvalue weighted by Gasteiger charge is 2.52. The summed E-state index contributed by atoms with van der Waals surface area (Å²) < 4.78 is 34.0. The standard InChI is InChI=1S/C39H62O10/c1-10-11-12-13-14-15-16-17-31(35-46-24-25-47-35)28(2)33(40)26-32(34(41)48-37(3,4)5)39(43,36(42)49-38(6,7)8)22-23-45-27-29-18-20-30(44-9)21-19-29/h18-21,31-32,35,43H,2,10-17,22-27H2,1,3-9H3/t31?,32-,39+/m1/s1. The van der Waals surface area contributed by atoms with E-state index in [0.29, 0.717) is 25.4 Å². The number of Topliss-reactive ketones (excluding diaryl/α,β-unsaturated/α-hetero) is 1. The molecule has 1 fully saturated rings. The average molecular weight is 691 g/mol. The number of carbonyl (C=O) groups excluding carboxylic acids is 3. The fraction of sp³-hybridized carbons (Fsp3) is 0.718. The first-order chi connectivity index (χ1) is 23.0. The van der Waals surface area contributed by atoms with Crippen LogP contribution in [0.15, 0.2) is 36.4 Å². The zero-order chi connectivity index (χ0) is 36.7. The van der Waals surface area contributed by atoms with Gasteiger partial charge in [-0.15, -0.1) is 0 Å². The molecule has 0 aliphatic carbocycles. The summed E-state index contributed by atoms with van der Waals surface area (Å²) in [6, 6.07) is 7.28. The van der Waals surface area contributed by atoms with Crippen LogP contribution in [0.3, 0.4) is 0 Å². The second kappa shape index (κ2) is 20.2. The van der Waals surface area contributed by atoms with Gasteiger partial charge >= 0.3 is 11.9 Å². The van der Waals surface area contributed by atoms with Crippen LogP contribution in [0.5, 0.6) is 5.75 Å². The van der Waals surface area contributed by atoms with Crippen molar-refractivity contribution in [2.24, 2.45) is 11.8 Å². The molecule has 278 valence electrons. The summed E-state index contributed by atoms with van der Waals surface area (Å²) in [5, 5.41) is 12.2. The minimum absolute atomic E-state index is 0.110. The minimum Gasteiger partial charge on any atom is -0.497 e. The van der Waals surface area contributed by atoms with Crippen molar-refractivity contribution < 1.29 is 47.9 Å². The van der Waals surface area contributed by atoms with Gasteiger partial charge in [-0.3, -0.25) is 9.59 Å². The number of methoxy groups -OCH3 is 1. The van der Waals surface area contributed by atoms with Gasteiger partial charge in [0.2, 0.25) is 0 Å². The maximum absolute atomic E-state index is 14.0. The first kappa shape index (κ1) is 42.4. The fourth-order valence-corrected chi connectivity index (χ4v) is 5.67. The van der Waals surface area contributed by atoms with E-state index in [0.717, 1.165) is 24.8 Å². The summed E-state index contributed by atoms with van der Waals surface area (Å²) in [7, 11) is 1.58. The second-order valence-electron chi connectivity index (χ2n) is 14.9. The van der Waals surface area contributed by atoms with E-state index >= 15 is 0 Å². The van der Waals surface area contributed by atoms with Crippen LogP contribution < -0.4 is 4.74 Å². The van der Waals surface area contributed by atoms with Crippen LogP contribution in [-0.2, 0) is 44.7 Å². The average Bonchev–Trinajstić information content (AvgIpc) is 3.56. The fourth-order valence-electron chi connectivity index (χ4n) is 5.67. The van der Waals surface area contributed by atoms with E-state index in [4.69, 9.17) is 28.4 Å². The molecule has 1 saturated heterocycles. The molecule has 10 heteroatoms. The van der Waals surface area contributed by atoms with Crippen LogP contribution in [0.1, 0.15) is 118 Å². The van der Waals surface area contributed by atoms with E-state index in [9.17, 15) is 19.5 Å². The van der Waals surface area contributed by atoms with Crippen LogP contribution in [-0.4, -0.2) is 72.9 Å². The van der Waals surface area contributed by atoms with E-state index < -0.39 is 59.1 Å². The summed E-state index contributed by atoms with van der Waals surface area (Å²) in [6.45, 7) is 17.3. The summed E-state index contributed by atoms with van der Waals surface area (Å²) >= 11 is 0.